The maximum absolute atomic E-state index is 14.0. The lowest BCUT2D eigenvalue weighted by atomic mass is 9.94. The summed E-state index contributed by atoms with van der Waals surface area (Å²) in [5.41, 5.74) is 2.93. The molecule has 0 saturated carbocycles. The van der Waals surface area contributed by atoms with Gasteiger partial charge in [0.15, 0.2) is 0 Å². The van der Waals surface area contributed by atoms with Gasteiger partial charge in [-0.1, -0.05) is 73.3 Å². The molecule has 0 aliphatic carbocycles. The number of amides is 4. The molecule has 3 aliphatic heterocycles. The lowest BCUT2D eigenvalue weighted by molar-refractivity contribution is -0.140. The average Bonchev–Trinajstić information content (AvgIpc) is 3.85. The third kappa shape index (κ3) is 8.46. The summed E-state index contributed by atoms with van der Waals surface area (Å²) in [7, 11) is 0. The Morgan fingerprint density at radius 3 is 2.27 bits per heavy atom. The Hall–Kier alpha value is -3.44. The van der Waals surface area contributed by atoms with Crippen LogP contribution >= 0.6 is 34.5 Å². The van der Waals surface area contributed by atoms with E-state index in [0.29, 0.717) is 67.7 Å². The number of benzene rings is 2. The van der Waals surface area contributed by atoms with Gasteiger partial charge in [-0.3, -0.25) is 24.1 Å². The van der Waals surface area contributed by atoms with Crippen molar-refractivity contribution in [2.75, 3.05) is 39.3 Å². The molecular weight excluding hydrogens is 705 g/mol. The molecule has 0 spiro atoms. The van der Waals surface area contributed by atoms with Gasteiger partial charge in [-0.05, 0) is 61.5 Å². The smallest absolute Gasteiger partial charge is 0.254 e. The number of thiophene rings is 1. The van der Waals surface area contributed by atoms with Gasteiger partial charge in [0.05, 0.1) is 16.1 Å². The lowest BCUT2D eigenvalue weighted by Crippen LogP contribution is -2.57. The average molecular weight is 753 g/mol. The molecule has 2 aromatic carbocycles. The van der Waals surface area contributed by atoms with Crippen LogP contribution in [0.3, 0.4) is 0 Å². The minimum absolute atomic E-state index is 0.0150. The van der Waals surface area contributed by atoms with E-state index in [2.05, 4.69) is 10.2 Å². The normalized spacial score (nSPS) is 21.2. The standard InChI is InChI=1S/C39H47Cl2N5O4S/c1-24-15-25(2)17-27(16-24)36(48)44-12-13-45(34(23-44)26-8-9-31(40)32(41)18-26)35(47)10-11-43-21-29-19-28(43)22-46(29)37(49)33(20-30-7-6-14-51-30)42-38(50)39(3,4)5/h6-9,14-18,28-29,33-34H,10-13,19-23H2,1-5H3,(H,42,50)/t28-,29-,33-,34+/m1/s1. The van der Waals surface area contributed by atoms with Crippen LogP contribution < -0.4 is 5.32 Å². The molecule has 0 unspecified atom stereocenters. The minimum Gasteiger partial charge on any atom is -0.343 e. The molecule has 3 saturated heterocycles. The van der Waals surface area contributed by atoms with Crippen LogP contribution in [0, 0.1) is 19.3 Å². The second-order valence-electron chi connectivity index (χ2n) is 15.2. The lowest BCUT2D eigenvalue weighted by Gasteiger charge is -2.42. The molecule has 4 heterocycles. The van der Waals surface area contributed by atoms with Crippen LogP contribution in [0.4, 0.5) is 0 Å². The Balaban J connectivity index is 1.10. The number of nitrogens with one attached hydrogen (secondary N) is 1. The summed E-state index contributed by atoms with van der Waals surface area (Å²) in [6.45, 7) is 12.6. The fraction of sp³-hybridized carbons (Fsp3) is 0.487. The summed E-state index contributed by atoms with van der Waals surface area (Å²) in [6.07, 6.45) is 1.64. The summed E-state index contributed by atoms with van der Waals surface area (Å²) in [5.74, 6) is -0.221. The zero-order valence-electron chi connectivity index (χ0n) is 30.0. The van der Waals surface area contributed by atoms with E-state index in [1.54, 1.807) is 23.5 Å². The molecule has 2 bridgehead atoms. The molecule has 3 fully saturated rings. The molecule has 12 heteroatoms. The number of hydrogen-bond donors (Lipinski definition) is 1. The molecule has 6 rings (SSSR count). The van der Waals surface area contributed by atoms with Crippen molar-refractivity contribution in [2.24, 2.45) is 5.41 Å². The maximum Gasteiger partial charge on any atom is 0.254 e. The van der Waals surface area contributed by atoms with Crippen molar-refractivity contribution < 1.29 is 19.2 Å². The molecule has 51 heavy (non-hydrogen) atoms. The van der Waals surface area contributed by atoms with E-state index in [1.165, 1.54) is 0 Å². The van der Waals surface area contributed by atoms with Gasteiger partial charge < -0.3 is 20.0 Å². The first-order chi connectivity index (χ1) is 24.2. The van der Waals surface area contributed by atoms with Crippen molar-refractivity contribution in [3.05, 3.63) is 91.1 Å². The zero-order valence-corrected chi connectivity index (χ0v) is 32.3. The summed E-state index contributed by atoms with van der Waals surface area (Å²) < 4.78 is 0. The Kier molecular flexibility index (Phi) is 11.2. The van der Waals surface area contributed by atoms with Crippen LogP contribution in [-0.4, -0.2) is 101 Å². The quantitative estimate of drug-likeness (QED) is 0.284. The van der Waals surface area contributed by atoms with E-state index in [-0.39, 0.29) is 41.8 Å². The fourth-order valence-corrected chi connectivity index (χ4v) is 8.69. The Bertz CT molecular complexity index is 1770. The fourth-order valence-electron chi connectivity index (χ4n) is 7.63. The highest BCUT2D eigenvalue weighted by Gasteiger charge is 2.47. The summed E-state index contributed by atoms with van der Waals surface area (Å²) >= 11 is 14.3. The summed E-state index contributed by atoms with van der Waals surface area (Å²) in [6, 6.07) is 14.4. The second-order valence-corrected chi connectivity index (χ2v) is 17.1. The van der Waals surface area contributed by atoms with Crippen LogP contribution in [0.5, 0.6) is 0 Å². The first kappa shape index (κ1) is 37.3. The number of carbonyl (C=O) groups is 4. The number of hydrogen-bond acceptors (Lipinski definition) is 6. The topological polar surface area (TPSA) is 93.3 Å². The van der Waals surface area contributed by atoms with Gasteiger partial charge in [-0.15, -0.1) is 11.3 Å². The van der Waals surface area contributed by atoms with Gasteiger partial charge >= 0.3 is 0 Å². The highest BCUT2D eigenvalue weighted by molar-refractivity contribution is 7.09. The van der Waals surface area contributed by atoms with Crippen molar-refractivity contribution in [3.63, 3.8) is 0 Å². The van der Waals surface area contributed by atoms with Gasteiger partial charge in [0.25, 0.3) is 5.91 Å². The number of piperazine rings is 2. The monoisotopic (exact) mass is 751 g/mol. The van der Waals surface area contributed by atoms with E-state index < -0.39 is 11.5 Å². The predicted octanol–water partition coefficient (Wildman–Crippen LogP) is 6.15. The van der Waals surface area contributed by atoms with E-state index in [1.807, 2.05) is 91.1 Å². The van der Waals surface area contributed by atoms with E-state index in [4.69, 9.17) is 23.2 Å². The van der Waals surface area contributed by atoms with Gasteiger partial charge in [-0.2, -0.15) is 0 Å². The SMILES string of the molecule is Cc1cc(C)cc(C(=O)N2CCN(C(=O)CCN3C[C@H]4C[C@@H]3CN4C(=O)[C@@H](Cc3cccs3)NC(=O)C(C)(C)C)[C@H](c3ccc(Cl)c(Cl)c3)C2)c1. The van der Waals surface area contributed by atoms with Gasteiger partial charge in [0.2, 0.25) is 17.7 Å². The van der Waals surface area contributed by atoms with E-state index >= 15 is 0 Å². The van der Waals surface area contributed by atoms with Crippen LogP contribution in [-0.2, 0) is 20.8 Å². The third-order valence-corrected chi connectivity index (χ3v) is 11.9. The number of carbonyl (C=O) groups excluding carboxylic acids is 4. The van der Waals surface area contributed by atoms with Crippen molar-refractivity contribution in [3.8, 4) is 0 Å². The first-order valence-corrected chi connectivity index (χ1v) is 19.3. The summed E-state index contributed by atoms with van der Waals surface area (Å²) in [4.78, 5) is 63.5. The highest BCUT2D eigenvalue weighted by Crippen LogP contribution is 2.34. The van der Waals surface area contributed by atoms with Crippen molar-refractivity contribution in [1.29, 1.82) is 0 Å². The maximum atomic E-state index is 14.0. The van der Waals surface area contributed by atoms with Crippen molar-refractivity contribution >= 4 is 58.2 Å². The Morgan fingerprint density at radius 1 is 0.902 bits per heavy atom. The minimum atomic E-state index is -0.622. The highest BCUT2D eigenvalue weighted by atomic mass is 35.5. The number of likely N-dealkylation sites (tertiary alicyclic amines) is 2. The van der Waals surface area contributed by atoms with E-state index in [9.17, 15) is 19.2 Å². The number of nitrogens with zero attached hydrogens (tertiary/aromatic N) is 4. The second kappa shape index (κ2) is 15.3. The largest absolute Gasteiger partial charge is 0.343 e. The molecular formula is C39H47Cl2N5O4S. The zero-order chi connectivity index (χ0) is 36.6. The number of fused-ring (bicyclic) bond motifs is 2. The van der Waals surface area contributed by atoms with Crippen LogP contribution in [0.2, 0.25) is 10.0 Å². The molecule has 4 amide bonds. The molecule has 3 aliphatic rings. The third-order valence-electron chi connectivity index (χ3n) is 10.3. The molecule has 0 radical (unpaired) electrons. The Labute approximate surface area is 314 Å². The first-order valence-electron chi connectivity index (χ1n) is 17.7. The van der Waals surface area contributed by atoms with Gasteiger partial charge in [0.1, 0.15) is 6.04 Å². The van der Waals surface area contributed by atoms with Crippen molar-refractivity contribution in [1.82, 2.24) is 24.9 Å². The van der Waals surface area contributed by atoms with Gasteiger partial charge in [-0.25, -0.2) is 0 Å². The number of aryl methyl sites for hydroxylation is 2. The van der Waals surface area contributed by atoms with E-state index in [0.717, 1.165) is 28.0 Å². The molecule has 1 aromatic heterocycles. The Morgan fingerprint density at radius 2 is 1.65 bits per heavy atom. The van der Waals surface area contributed by atoms with Crippen LogP contribution in [0.1, 0.15) is 71.6 Å². The molecule has 272 valence electrons. The van der Waals surface area contributed by atoms with Crippen LogP contribution in [0.25, 0.3) is 0 Å². The number of halogens is 2. The van der Waals surface area contributed by atoms with Gasteiger partial charge in [0, 0.05) is 80.0 Å². The number of rotatable bonds is 9. The van der Waals surface area contributed by atoms with Crippen molar-refractivity contribution in [2.45, 2.75) is 78.0 Å². The molecule has 3 aromatic rings. The van der Waals surface area contributed by atoms with Crippen LogP contribution in [0.15, 0.2) is 53.9 Å². The summed E-state index contributed by atoms with van der Waals surface area (Å²) in [5, 5.41) is 5.86. The predicted molar refractivity (Wildman–Crippen MR) is 202 cm³/mol. The molecule has 1 N–H and O–H groups in total. The molecule has 9 nitrogen and oxygen atoms in total. The molecule has 4 atom stereocenters.